The van der Waals surface area contributed by atoms with Gasteiger partial charge in [0.2, 0.25) is 0 Å². The van der Waals surface area contributed by atoms with Crippen molar-refractivity contribution in [2.45, 2.75) is 32.1 Å². The van der Waals surface area contributed by atoms with Crippen molar-refractivity contribution < 1.29 is 9.18 Å². The molecule has 0 aromatic heterocycles. The van der Waals surface area contributed by atoms with E-state index in [1.165, 1.54) is 6.07 Å². The third-order valence-electron chi connectivity index (χ3n) is 4.31. The van der Waals surface area contributed by atoms with Gasteiger partial charge in [0, 0.05) is 5.69 Å². The van der Waals surface area contributed by atoms with Gasteiger partial charge in [-0.15, -0.1) is 0 Å². The number of ketones is 1. The second-order valence-electron chi connectivity index (χ2n) is 5.97. The molecule has 1 fully saturated rings. The highest BCUT2D eigenvalue weighted by Crippen LogP contribution is 2.51. The monoisotopic (exact) mass is 283 g/mol. The lowest BCUT2D eigenvalue weighted by Gasteiger charge is -2.17. The topological polar surface area (TPSA) is 43.1 Å². The molecule has 1 aliphatic rings. The summed E-state index contributed by atoms with van der Waals surface area (Å²) in [5.74, 6) is -0.526. The molecule has 0 radical (unpaired) electrons. The maximum Gasteiger partial charge on any atom is 0.176 e. The lowest BCUT2D eigenvalue weighted by atomic mass is 9.85. The van der Waals surface area contributed by atoms with Crippen LogP contribution in [0.2, 0.25) is 0 Å². The van der Waals surface area contributed by atoms with E-state index in [4.69, 9.17) is 5.73 Å². The number of nitrogen functional groups attached to an aromatic ring is 1. The van der Waals surface area contributed by atoms with E-state index in [1.54, 1.807) is 19.1 Å². The van der Waals surface area contributed by atoms with Crippen molar-refractivity contribution in [3.05, 3.63) is 64.5 Å². The van der Waals surface area contributed by atoms with Crippen LogP contribution in [0.1, 0.15) is 39.9 Å². The number of carbonyl (C=O) groups excluding carboxylic acids is 1. The van der Waals surface area contributed by atoms with Crippen molar-refractivity contribution in [2.24, 2.45) is 0 Å². The SMILES string of the molecule is Cc1cc(C)c(C(=O)C2(c3ccc(N)cc3)CC2)c(F)c1. The van der Waals surface area contributed by atoms with Gasteiger partial charge in [-0.3, -0.25) is 4.79 Å². The van der Waals surface area contributed by atoms with Crippen molar-refractivity contribution in [1.82, 2.24) is 0 Å². The van der Waals surface area contributed by atoms with Gasteiger partial charge in [0.15, 0.2) is 5.78 Å². The molecule has 2 aromatic carbocycles. The summed E-state index contributed by atoms with van der Waals surface area (Å²) in [5.41, 5.74) is 8.51. The van der Waals surface area contributed by atoms with Gasteiger partial charge >= 0.3 is 0 Å². The van der Waals surface area contributed by atoms with E-state index < -0.39 is 11.2 Å². The molecule has 0 saturated heterocycles. The Balaban J connectivity index is 2.05. The highest BCUT2D eigenvalue weighted by Gasteiger charge is 2.52. The second-order valence-corrected chi connectivity index (χ2v) is 5.97. The number of aryl methyl sites for hydroxylation is 2. The number of anilines is 1. The minimum atomic E-state index is -0.561. The minimum Gasteiger partial charge on any atom is -0.399 e. The Morgan fingerprint density at radius 1 is 1.14 bits per heavy atom. The summed E-state index contributed by atoms with van der Waals surface area (Å²) in [6.07, 6.45) is 1.53. The summed E-state index contributed by atoms with van der Waals surface area (Å²) in [6.45, 7) is 3.62. The number of hydrogen-bond donors (Lipinski definition) is 1. The quantitative estimate of drug-likeness (QED) is 0.685. The average molecular weight is 283 g/mol. The summed E-state index contributed by atoms with van der Waals surface area (Å²) in [4.78, 5) is 12.9. The zero-order valence-electron chi connectivity index (χ0n) is 12.2. The number of carbonyl (C=O) groups is 1. The first-order chi connectivity index (χ1) is 9.94. The number of hydrogen-bond acceptors (Lipinski definition) is 2. The van der Waals surface area contributed by atoms with Crippen LogP contribution >= 0.6 is 0 Å². The number of Topliss-reactive ketones (excluding diaryl/α,β-unsaturated/α-hetero) is 1. The van der Waals surface area contributed by atoms with Gasteiger partial charge in [-0.2, -0.15) is 0 Å². The van der Waals surface area contributed by atoms with Crippen LogP contribution in [0.5, 0.6) is 0 Å². The Labute approximate surface area is 123 Å². The molecule has 0 spiro atoms. The van der Waals surface area contributed by atoms with Gasteiger partial charge in [-0.25, -0.2) is 4.39 Å². The molecule has 0 amide bonds. The largest absolute Gasteiger partial charge is 0.399 e. The number of rotatable bonds is 3. The van der Waals surface area contributed by atoms with Gasteiger partial charge in [-0.1, -0.05) is 18.2 Å². The molecule has 2 N–H and O–H groups in total. The number of nitrogens with two attached hydrogens (primary N) is 1. The van der Waals surface area contributed by atoms with Crippen molar-refractivity contribution in [3.8, 4) is 0 Å². The van der Waals surface area contributed by atoms with Gasteiger partial charge < -0.3 is 5.73 Å². The van der Waals surface area contributed by atoms with Gasteiger partial charge in [-0.05, 0) is 61.6 Å². The highest BCUT2D eigenvalue weighted by atomic mass is 19.1. The molecule has 2 aromatic rings. The fourth-order valence-electron chi connectivity index (χ4n) is 3.02. The Hall–Kier alpha value is -2.16. The van der Waals surface area contributed by atoms with Crippen molar-refractivity contribution >= 4 is 11.5 Å². The normalized spacial score (nSPS) is 15.8. The number of halogens is 1. The third-order valence-corrected chi connectivity index (χ3v) is 4.31. The zero-order valence-corrected chi connectivity index (χ0v) is 12.2. The Bertz CT molecular complexity index is 691. The van der Waals surface area contributed by atoms with Crippen LogP contribution in [-0.2, 0) is 5.41 Å². The van der Waals surface area contributed by atoms with Gasteiger partial charge in [0.25, 0.3) is 0 Å². The van der Waals surface area contributed by atoms with Gasteiger partial charge in [0.05, 0.1) is 11.0 Å². The first-order valence-electron chi connectivity index (χ1n) is 7.11. The second kappa shape index (κ2) is 4.69. The Morgan fingerprint density at radius 3 is 2.29 bits per heavy atom. The standard InChI is InChI=1S/C18H18FNO/c1-11-9-12(2)16(15(19)10-11)17(21)18(7-8-18)13-3-5-14(20)6-4-13/h3-6,9-10H,7-8,20H2,1-2H3. The molecular weight excluding hydrogens is 265 g/mol. The van der Waals surface area contributed by atoms with Crippen LogP contribution in [0.25, 0.3) is 0 Å². The first-order valence-corrected chi connectivity index (χ1v) is 7.11. The molecule has 3 heteroatoms. The van der Waals surface area contributed by atoms with Crippen LogP contribution in [0.4, 0.5) is 10.1 Å². The van der Waals surface area contributed by atoms with Crippen LogP contribution < -0.4 is 5.73 Å². The van der Waals surface area contributed by atoms with E-state index in [2.05, 4.69) is 0 Å². The molecule has 21 heavy (non-hydrogen) atoms. The molecular formula is C18H18FNO. The molecule has 108 valence electrons. The van der Waals surface area contributed by atoms with Crippen LogP contribution in [0.15, 0.2) is 36.4 Å². The smallest absolute Gasteiger partial charge is 0.176 e. The predicted octanol–water partition coefficient (Wildman–Crippen LogP) is 3.94. The summed E-state index contributed by atoms with van der Waals surface area (Å²) >= 11 is 0. The zero-order chi connectivity index (χ0) is 15.2. The van der Waals surface area contributed by atoms with E-state index in [1.807, 2.05) is 25.1 Å². The Morgan fingerprint density at radius 2 is 1.76 bits per heavy atom. The van der Waals surface area contributed by atoms with E-state index in [9.17, 15) is 9.18 Å². The van der Waals surface area contributed by atoms with Gasteiger partial charge in [0.1, 0.15) is 5.82 Å². The summed E-state index contributed by atoms with van der Waals surface area (Å²) in [5, 5.41) is 0. The number of benzene rings is 2. The predicted molar refractivity (Wildman–Crippen MR) is 82.0 cm³/mol. The molecule has 0 unspecified atom stereocenters. The molecule has 0 heterocycles. The molecule has 0 atom stereocenters. The molecule has 1 saturated carbocycles. The van der Waals surface area contributed by atoms with Crippen LogP contribution in [0, 0.1) is 19.7 Å². The highest BCUT2D eigenvalue weighted by molar-refractivity contribution is 6.07. The molecule has 1 aliphatic carbocycles. The fraction of sp³-hybridized carbons (Fsp3) is 0.278. The lowest BCUT2D eigenvalue weighted by Crippen LogP contribution is -2.23. The average Bonchev–Trinajstić information content (AvgIpc) is 3.19. The maximum absolute atomic E-state index is 14.3. The van der Waals surface area contributed by atoms with Crippen LogP contribution in [-0.4, -0.2) is 5.78 Å². The minimum absolute atomic E-state index is 0.109. The first kappa shape index (κ1) is 13.8. The summed E-state index contributed by atoms with van der Waals surface area (Å²) in [7, 11) is 0. The molecule has 0 bridgehead atoms. The van der Waals surface area contributed by atoms with Crippen LogP contribution in [0.3, 0.4) is 0 Å². The molecule has 3 rings (SSSR count). The summed E-state index contributed by atoms with van der Waals surface area (Å²) in [6, 6.07) is 10.6. The van der Waals surface area contributed by atoms with E-state index in [0.29, 0.717) is 11.3 Å². The summed E-state index contributed by atoms with van der Waals surface area (Å²) < 4.78 is 14.3. The van der Waals surface area contributed by atoms with Crippen molar-refractivity contribution in [1.29, 1.82) is 0 Å². The van der Waals surface area contributed by atoms with Crippen molar-refractivity contribution in [2.75, 3.05) is 5.73 Å². The maximum atomic E-state index is 14.3. The molecule has 2 nitrogen and oxygen atoms in total. The van der Waals surface area contributed by atoms with Crippen molar-refractivity contribution in [3.63, 3.8) is 0 Å². The van der Waals surface area contributed by atoms with E-state index in [-0.39, 0.29) is 11.3 Å². The third kappa shape index (κ3) is 2.23. The van der Waals surface area contributed by atoms with E-state index >= 15 is 0 Å². The van der Waals surface area contributed by atoms with E-state index in [0.717, 1.165) is 24.0 Å². The molecule has 0 aliphatic heterocycles. The Kier molecular flexibility index (Phi) is 3.08. The lowest BCUT2D eigenvalue weighted by molar-refractivity contribution is 0.0941. The fourth-order valence-corrected chi connectivity index (χ4v) is 3.02.